The van der Waals surface area contributed by atoms with Crippen molar-refractivity contribution < 1.29 is 22.4 Å². The Labute approximate surface area is 163 Å². The first-order chi connectivity index (χ1) is 13.4. The molecule has 1 amide bonds. The minimum absolute atomic E-state index is 0.0379. The van der Waals surface area contributed by atoms with Gasteiger partial charge in [0.2, 0.25) is 10.0 Å². The number of benzene rings is 2. The van der Waals surface area contributed by atoms with Crippen LogP contribution < -0.4 is 14.8 Å². The molecule has 0 saturated carbocycles. The second-order valence-corrected chi connectivity index (χ2v) is 7.80. The largest absolute Gasteiger partial charge is 0.483 e. The Morgan fingerprint density at radius 3 is 2.64 bits per heavy atom. The van der Waals surface area contributed by atoms with Gasteiger partial charge in [-0.2, -0.15) is 0 Å². The third kappa shape index (κ3) is 5.21. The highest BCUT2D eigenvalue weighted by atomic mass is 32.2. The van der Waals surface area contributed by atoms with Crippen LogP contribution in [0, 0.1) is 6.92 Å². The average Bonchev–Trinajstić information content (AvgIpc) is 3.20. The zero-order valence-corrected chi connectivity index (χ0v) is 16.0. The molecule has 0 atom stereocenters. The summed E-state index contributed by atoms with van der Waals surface area (Å²) >= 11 is 0. The summed E-state index contributed by atoms with van der Waals surface area (Å²) in [6.45, 7) is 1.74. The van der Waals surface area contributed by atoms with Gasteiger partial charge in [-0.3, -0.25) is 4.79 Å². The third-order valence-electron chi connectivity index (χ3n) is 3.90. The lowest BCUT2D eigenvalue weighted by molar-refractivity contribution is -0.118. The average molecular weight is 400 g/mol. The number of rotatable bonds is 8. The fourth-order valence-corrected chi connectivity index (χ4v) is 3.50. The summed E-state index contributed by atoms with van der Waals surface area (Å²) in [4.78, 5) is 12.2. The first-order valence-corrected chi connectivity index (χ1v) is 10.0. The Morgan fingerprint density at radius 2 is 1.89 bits per heavy atom. The molecule has 3 rings (SSSR count). The highest BCUT2D eigenvalue weighted by molar-refractivity contribution is 7.89. The second-order valence-electron chi connectivity index (χ2n) is 6.03. The Hall–Kier alpha value is -3.10. The molecule has 0 saturated heterocycles. The van der Waals surface area contributed by atoms with Gasteiger partial charge in [-0.25, -0.2) is 13.1 Å². The molecule has 0 bridgehead atoms. The molecule has 1 aromatic heterocycles. The van der Waals surface area contributed by atoms with Crippen LogP contribution in [0.2, 0.25) is 0 Å². The van der Waals surface area contributed by atoms with Crippen molar-refractivity contribution in [2.24, 2.45) is 0 Å². The van der Waals surface area contributed by atoms with Gasteiger partial charge in [-0.05, 0) is 48.9 Å². The van der Waals surface area contributed by atoms with E-state index in [-0.39, 0.29) is 24.0 Å². The van der Waals surface area contributed by atoms with Crippen LogP contribution in [0.15, 0.2) is 76.2 Å². The fraction of sp³-hybridized carbons (Fsp3) is 0.150. The van der Waals surface area contributed by atoms with Gasteiger partial charge >= 0.3 is 0 Å². The molecular weight excluding hydrogens is 380 g/mol. The molecular formula is C20H20N2O5S. The van der Waals surface area contributed by atoms with E-state index in [4.69, 9.17) is 9.15 Å². The van der Waals surface area contributed by atoms with E-state index < -0.39 is 10.0 Å². The number of para-hydroxylation sites is 1. The lowest BCUT2D eigenvalue weighted by atomic mass is 10.2. The summed E-state index contributed by atoms with van der Waals surface area (Å²) in [6.07, 6.45) is 1.47. The van der Waals surface area contributed by atoms with Crippen LogP contribution in [0.25, 0.3) is 0 Å². The molecule has 8 heteroatoms. The van der Waals surface area contributed by atoms with Crippen molar-refractivity contribution >= 4 is 21.6 Å². The molecule has 2 aromatic carbocycles. The molecule has 0 unspecified atom stereocenters. The molecule has 3 aromatic rings. The number of anilines is 1. The Morgan fingerprint density at radius 1 is 1.07 bits per heavy atom. The van der Waals surface area contributed by atoms with Gasteiger partial charge in [0.15, 0.2) is 6.61 Å². The minimum Gasteiger partial charge on any atom is -0.483 e. The molecule has 146 valence electrons. The molecule has 7 nitrogen and oxygen atoms in total. The topological polar surface area (TPSA) is 97.6 Å². The Kier molecular flexibility index (Phi) is 6.13. The van der Waals surface area contributed by atoms with E-state index >= 15 is 0 Å². The molecule has 28 heavy (non-hydrogen) atoms. The first kappa shape index (κ1) is 19.7. The number of sulfonamides is 1. The Balaban J connectivity index is 1.60. The van der Waals surface area contributed by atoms with Crippen molar-refractivity contribution in [3.05, 3.63) is 78.3 Å². The monoisotopic (exact) mass is 400 g/mol. The predicted octanol–water partition coefficient (Wildman–Crippen LogP) is 3.08. The van der Waals surface area contributed by atoms with Crippen molar-refractivity contribution in [1.82, 2.24) is 4.72 Å². The van der Waals surface area contributed by atoms with Crippen LogP contribution in [0.4, 0.5) is 5.69 Å². The molecule has 0 radical (unpaired) electrons. The van der Waals surface area contributed by atoms with E-state index in [1.807, 2.05) is 25.1 Å². The van der Waals surface area contributed by atoms with Gasteiger partial charge in [0.1, 0.15) is 11.5 Å². The van der Waals surface area contributed by atoms with Crippen LogP contribution in [-0.4, -0.2) is 20.9 Å². The van der Waals surface area contributed by atoms with Crippen LogP contribution in [0.3, 0.4) is 0 Å². The number of carbonyl (C=O) groups excluding carboxylic acids is 1. The van der Waals surface area contributed by atoms with Crippen molar-refractivity contribution in [3.63, 3.8) is 0 Å². The summed E-state index contributed by atoms with van der Waals surface area (Å²) in [5, 5.41) is 2.64. The predicted molar refractivity (Wildman–Crippen MR) is 104 cm³/mol. The number of amides is 1. The van der Waals surface area contributed by atoms with Gasteiger partial charge in [-0.1, -0.05) is 24.3 Å². The first-order valence-electron chi connectivity index (χ1n) is 8.54. The van der Waals surface area contributed by atoms with E-state index in [9.17, 15) is 13.2 Å². The van der Waals surface area contributed by atoms with Crippen molar-refractivity contribution in [2.75, 3.05) is 11.9 Å². The lowest BCUT2D eigenvalue weighted by Crippen LogP contribution is -2.24. The zero-order valence-electron chi connectivity index (χ0n) is 15.2. The smallest absolute Gasteiger partial charge is 0.262 e. The van der Waals surface area contributed by atoms with Gasteiger partial charge in [0, 0.05) is 5.69 Å². The third-order valence-corrected chi connectivity index (χ3v) is 5.30. The van der Waals surface area contributed by atoms with Gasteiger partial charge < -0.3 is 14.5 Å². The van der Waals surface area contributed by atoms with Crippen LogP contribution in [0.5, 0.6) is 5.75 Å². The van der Waals surface area contributed by atoms with Crippen molar-refractivity contribution in [1.29, 1.82) is 0 Å². The highest BCUT2D eigenvalue weighted by Crippen LogP contribution is 2.18. The zero-order chi connectivity index (χ0) is 20.0. The van der Waals surface area contributed by atoms with Crippen molar-refractivity contribution in [2.45, 2.75) is 18.4 Å². The summed E-state index contributed by atoms with van der Waals surface area (Å²) in [5.41, 5.74) is 1.28. The van der Waals surface area contributed by atoms with Crippen LogP contribution >= 0.6 is 0 Å². The molecule has 0 spiro atoms. The van der Waals surface area contributed by atoms with Gasteiger partial charge in [0.05, 0.1) is 17.7 Å². The number of hydrogen-bond donors (Lipinski definition) is 2. The Bertz CT molecular complexity index is 1050. The van der Waals surface area contributed by atoms with Crippen molar-refractivity contribution in [3.8, 4) is 5.75 Å². The maximum atomic E-state index is 12.4. The molecule has 0 fully saturated rings. The minimum atomic E-state index is -3.75. The van der Waals surface area contributed by atoms with Gasteiger partial charge in [-0.15, -0.1) is 0 Å². The summed E-state index contributed by atoms with van der Waals surface area (Å²) in [7, 11) is -3.75. The SMILES string of the molecule is Cc1ccccc1OCC(=O)Nc1cccc(S(=O)(=O)NCc2ccco2)c1. The molecule has 0 aliphatic heterocycles. The van der Waals surface area contributed by atoms with E-state index in [1.165, 1.54) is 18.4 Å². The second kappa shape index (κ2) is 8.73. The van der Waals surface area contributed by atoms with E-state index in [1.54, 1.807) is 30.3 Å². The molecule has 1 heterocycles. The van der Waals surface area contributed by atoms with E-state index in [2.05, 4.69) is 10.0 Å². The maximum absolute atomic E-state index is 12.4. The number of aryl methyl sites for hydroxylation is 1. The number of carbonyl (C=O) groups is 1. The summed E-state index contributed by atoms with van der Waals surface area (Å²) in [5.74, 6) is 0.735. The van der Waals surface area contributed by atoms with Crippen LogP contribution in [0.1, 0.15) is 11.3 Å². The van der Waals surface area contributed by atoms with E-state index in [0.717, 1.165) is 5.56 Å². The maximum Gasteiger partial charge on any atom is 0.262 e. The normalized spacial score (nSPS) is 11.2. The van der Waals surface area contributed by atoms with Crippen LogP contribution in [-0.2, 0) is 21.4 Å². The molecule has 0 aliphatic rings. The number of furan rings is 1. The highest BCUT2D eigenvalue weighted by Gasteiger charge is 2.15. The number of nitrogens with one attached hydrogen (secondary N) is 2. The summed E-state index contributed by atoms with van der Waals surface area (Å²) < 4.78 is 37.9. The molecule has 2 N–H and O–H groups in total. The number of hydrogen-bond acceptors (Lipinski definition) is 5. The van der Waals surface area contributed by atoms with E-state index in [0.29, 0.717) is 17.2 Å². The number of ether oxygens (including phenoxy) is 1. The van der Waals surface area contributed by atoms with Gasteiger partial charge in [0.25, 0.3) is 5.91 Å². The standard InChI is InChI=1S/C20H20N2O5S/c1-15-6-2-3-10-19(15)27-14-20(23)22-16-7-4-9-18(12-16)28(24,25)21-13-17-8-5-11-26-17/h2-12,21H,13-14H2,1H3,(H,22,23). The summed E-state index contributed by atoms with van der Waals surface area (Å²) in [6, 6.07) is 16.7. The quantitative estimate of drug-likeness (QED) is 0.606. The fourth-order valence-electron chi connectivity index (χ4n) is 2.46. The lowest BCUT2D eigenvalue weighted by Gasteiger charge is -2.11. The molecule has 0 aliphatic carbocycles.